The van der Waals surface area contributed by atoms with E-state index in [0.717, 1.165) is 11.1 Å². The monoisotopic (exact) mass is 926 g/mol. The summed E-state index contributed by atoms with van der Waals surface area (Å²) >= 11 is 0. The first kappa shape index (κ1) is 44.7. The van der Waals surface area contributed by atoms with E-state index in [4.69, 9.17) is 23.0 Å². The number of hydrogen-bond acceptors (Lipinski definition) is 15. The van der Waals surface area contributed by atoms with Crippen LogP contribution in [0.25, 0.3) is 22.2 Å². The van der Waals surface area contributed by atoms with Crippen LogP contribution in [0.2, 0.25) is 0 Å². The van der Waals surface area contributed by atoms with Crippen molar-refractivity contribution in [3.8, 4) is 11.5 Å². The zero-order valence-corrected chi connectivity index (χ0v) is 37.0. The first-order valence-corrected chi connectivity index (χ1v) is 21.2. The Labute approximate surface area is 385 Å². The molecule has 0 aliphatic carbocycles. The van der Waals surface area contributed by atoms with Crippen LogP contribution in [0.15, 0.2) is 81.9 Å². The van der Waals surface area contributed by atoms with E-state index < -0.39 is 35.0 Å². The van der Waals surface area contributed by atoms with E-state index in [1.807, 2.05) is 0 Å². The number of Topliss-reactive ketones (excluding diaryl/α,β-unsaturated/α-hetero) is 2. The molecule has 6 aromatic rings. The SMILES string of the molecule is COCCCC(=O)c1cnc2cc([C@]3(CN4Cc5ccc(OC)cc5C4=O)NC(=O)NC3=O)oc2c1.COc1ccc2c(c1)C(=O)N(C[C@@]1(c3cc4ncc(C(C)=O)cc4o3)NC(=O)NC1=O)C2. The Morgan fingerprint density at radius 3 is 1.56 bits per heavy atom. The second-order valence-electron chi connectivity index (χ2n) is 16.5. The van der Waals surface area contributed by atoms with Crippen LogP contribution in [0.1, 0.15) is 83.8 Å². The fourth-order valence-corrected chi connectivity index (χ4v) is 8.59. The van der Waals surface area contributed by atoms with Crippen LogP contribution in [-0.4, -0.2) is 108 Å². The number of carbonyl (C=O) groups is 8. The lowest BCUT2D eigenvalue weighted by atomic mass is 9.95. The summed E-state index contributed by atoms with van der Waals surface area (Å²) in [5.41, 5.74) is 1.33. The maximum atomic E-state index is 13.2. The van der Waals surface area contributed by atoms with E-state index in [1.165, 1.54) is 61.5 Å². The Hall–Kier alpha value is -8.46. The molecule has 0 unspecified atom stereocenters. The highest BCUT2D eigenvalue weighted by molar-refractivity contribution is 6.10. The molecule has 2 fully saturated rings. The number of furan rings is 2. The standard InChI is InChI=1S/C25H24N4O7.C22H18N4O6/c1-34-7-3-4-19(30)15-8-20-18(26-11-15)10-21(36-20)25(23(32)27-24(33)28-25)13-29-12-14-5-6-16(35-2)9-17(14)22(29)31;1-11(27)13-5-17-16(23-8-13)7-18(32-17)22(20(29)24-21(30)25-22)10-26-9-12-3-4-14(31-2)6-15(12)19(26)28/h5-6,8-11H,3-4,7,12-13H2,1-2H3,(H2,27,28,32,33);3-8H,9-10H2,1-2H3,(H2,24,25,29,30)/t25-;22-/m00/s1. The number of nitrogens with zero attached hydrogens (tertiary/aromatic N) is 4. The molecule has 4 aromatic heterocycles. The molecule has 0 spiro atoms. The molecule has 8 amide bonds. The van der Waals surface area contributed by atoms with Crippen LogP contribution in [0, 0.1) is 0 Å². The number of pyridine rings is 2. The third kappa shape index (κ3) is 7.91. The van der Waals surface area contributed by atoms with E-state index in [-0.39, 0.29) is 66.7 Å². The van der Waals surface area contributed by atoms with Gasteiger partial charge in [0.05, 0.1) is 27.3 Å². The maximum absolute atomic E-state index is 13.2. The van der Waals surface area contributed by atoms with Crippen molar-refractivity contribution in [1.29, 1.82) is 0 Å². The molecule has 21 heteroatoms. The number of urea groups is 2. The van der Waals surface area contributed by atoms with Crippen molar-refractivity contribution in [1.82, 2.24) is 41.0 Å². The average molecular weight is 927 g/mol. The molecule has 0 radical (unpaired) electrons. The van der Waals surface area contributed by atoms with Crippen LogP contribution in [0.3, 0.4) is 0 Å². The predicted molar refractivity (Wildman–Crippen MR) is 236 cm³/mol. The van der Waals surface area contributed by atoms with Gasteiger partial charge in [-0.2, -0.15) is 0 Å². The number of benzene rings is 2. The number of amides is 8. The van der Waals surface area contributed by atoms with E-state index in [9.17, 15) is 38.4 Å². The molecule has 0 saturated carbocycles. The second-order valence-corrected chi connectivity index (χ2v) is 16.5. The molecule has 4 aliphatic rings. The minimum atomic E-state index is -1.66. The van der Waals surface area contributed by atoms with E-state index in [0.29, 0.717) is 69.8 Å². The van der Waals surface area contributed by atoms with Gasteiger partial charge in [-0.15, -0.1) is 0 Å². The van der Waals surface area contributed by atoms with Gasteiger partial charge in [0, 0.05) is 80.0 Å². The molecule has 2 aromatic carbocycles. The lowest BCUT2D eigenvalue weighted by Gasteiger charge is -2.28. The first-order valence-electron chi connectivity index (χ1n) is 21.2. The normalized spacial score (nSPS) is 19.4. The van der Waals surface area contributed by atoms with Gasteiger partial charge in [-0.05, 0) is 60.9 Å². The zero-order chi connectivity index (χ0) is 48.1. The van der Waals surface area contributed by atoms with Gasteiger partial charge < -0.3 is 43.5 Å². The smallest absolute Gasteiger partial charge is 0.322 e. The molecule has 4 N–H and O–H groups in total. The number of imide groups is 2. The molecule has 10 rings (SSSR count). The van der Waals surface area contributed by atoms with Crippen molar-refractivity contribution in [3.05, 3.63) is 118 Å². The van der Waals surface area contributed by atoms with Gasteiger partial charge in [-0.3, -0.25) is 49.4 Å². The molecule has 68 heavy (non-hydrogen) atoms. The highest BCUT2D eigenvalue weighted by Gasteiger charge is 2.54. The van der Waals surface area contributed by atoms with Crippen molar-refractivity contribution >= 4 is 69.5 Å². The molecule has 0 bridgehead atoms. The fourth-order valence-electron chi connectivity index (χ4n) is 8.59. The van der Waals surface area contributed by atoms with Crippen molar-refractivity contribution in [2.45, 2.75) is 43.9 Å². The minimum absolute atomic E-state index is 0.110. The predicted octanol–water partition coefficient (Wildman–Crippen LogP) is 3.87. The van der Waals surface area contributed by atoms with Crippen molar-refractivity contribution in [3.63, 3.8) is 0 Å². The molecule has 2 atom stereocenters. The Morgan fingerprint density at radius 1 is 0.662 bits per heavy atom. The van der Waals surface area contributed by atoms with Gasteiger partial charge in [0.2, 0.25) is 0 Å². The molecular formula is C47H42N8O13. The number of aromatic nitrogens is 2. The zero-order valence-electron chi connectivity index (χ0n) is 37.0. The lowest BCUT2D eigenvalue weighted by Crippen LogP contribution is -2.52. The largest absolute Gasteiger partial charge is 0.497 e. The van der Waals surface area contributed by atoms with Gasteiger partial charge in [-0.1, -0.05) is 12.1 Å². The quantitative estimate of drug-likeness (QED) is 0.0686. The molecule has 21 nitrogen and oxygen atoms in total. The number of methoxy groups -OCH3 is 3. The van der Waals surface area contributed by atoms with Crippen LogP contribution in [0.4, 0.5) is 9.59 Å². The number of nitrogens with one attached hydrogen (secondary N) is 4. The average Bonchev–Trinajstić information content (AvgIpc) is 4.18. The summed E-state index contributed by atoms with van der Waals surface area (Å²) in [4.78, 5) is 112. The number of carbonyl (C=O) groups excluding carboxylic acids is 8. The molecular weight excluding hydrogens is 885 g/mol. The van der Waals surface area contributed by atoms with Crippen LogP contribution in [0.5, 0.6) is 11.5 Å². The maximum Gasteiger partial charge on any atom is 0.322 e. The number of rotatable bonds is 14. The summed E-state index contributed by atoms with van der Waals surface area (Å²) in [5.74, 6) is -0.864. The van der Waals surface area contributed by atoms with Crippen LogP contribution in [-0.2, 0) is 38.5 Å². The van der Waals surface area contributed by atoms with Gasteiger partial charge in [-0.25, -0.2) is 9.59 Å². The number of ketones is 2. The highest BCUT2D eigenvalue weighted by atomic mass is 16.5. The van der Waals surface area contributed by atoms with Gasteiger partial charge in [0.25, 0.3) is 23.6 Å². The van der Waals surface area contributed by atoms with Crippen molar-refractivity contribution in [2.75, 3.05) is 41.0 Å². The van der Waals surface area contributed by atoms with Gasteiger partial charge in [0.1, 0.15) is 34.1 Å². The Balaban J connectivity index is 0.000000171. The highest BCUT2D eigenvalue weighted by Crippen LogP contribution is 2.37. The van der Waals surface area contributed by atoms with Gasteiger partial charge in [0.15, 0.2) is 33.8 Å². The number of fused-ring (bicyclic) bond motifs is 4. The summed E-state index contributed by atoms with van der Waals surface area (Å²) in [6.07, 6.45) is 3.73. The Kier molecular flexibility index (Phi) is 11.4. The van der Waals surface area contributed by atoms with Gasteiger partial charge >= 0.3 is 12.1 Å². The molecule has 348 valence electrons. The number of hydrogen-bond donors (Lipinski definition) is 4. The van der Waals surface area contributed by atoms with E-state index >= 15 is 0 Å². The summed E-state index contributed by atoms with van der Waals surface area (Å²) in [7, 11) is 4.60. The van der Waals surface area contributed by atoms with E-state index in [1.54, 1.807) is 49.6 Å². The van der Waals surface area contributed by atoms with E-state index in [2.05, 4.69) is 31.2 Å². The number of ether oxygens (including phenoxy) is 3. The first-order chi connectivity index (χ1) is 32.6. The summed E-state index contributed by atoms with van der Waals surface area (Å²) in [6.45, 7) is 2.07. The second kappa shape index (κ2) is 17.4. The molecule has 4 aliphatic heterocycles. The summed E-state index contributed by atoms with van der Waals surface area (Å²) in [5, 5.41) is 9.73. The lowest BCUT2D eigenvalue weighted by molar-refractivity contribution is -0.126. The molecule has 8 heterocycles. The fraction of sp³-hybridized carbons (Fsp3) is 0.277. The molecule has 2 saturated heterocycles. The third-order valence-electron chi connectivity index (χ3n) is 12.2. The topological polar surface area (TPSA) is 271 Å². The summed E-state index contributed by atoms with van der Waals surface area (Å²) < 4.78 is 27.3. The van der Waals surface area contributed by atoms with Crippen molar-refractivity contribution < 1.29 is 61.4 Å². The summed E-state index contributed by atoms with van der Waals surface area (Å²) in [6, 6.07) is 15.2. The minimum Gasteiger partial charge on any atom is -0.497 e. The third-order valence-corrected chi connectivity index (χ3v) is 12.2. The van der Waals surface area contributed by atoms with Crippen molar-refractivity contribution in [2.24, 2.45) is 0 Å². The van der Waals surface area contributed by atoms with Crippen LogP contribution < -0.4 is 30.7 Å². The Morgan fingerprint density at radius 2 is 1.13 bits per heavy atom. The Bertz CT molecular complexity index is 3140. The van der Waals surface area contributed by atoms with Crippen LogP contribution >= 0.6 is 0 Å².